The highest BCUT2D eigenvalue weighted by Gasteiger charge is 2.09. The molecule has 0 aliphatic carbocycles. The lowest BCUT2D eigenvalue weighted by atomic mass is 10.2. The molecule has 2 aromatic rings. The number of halogens is 1. The highest BCUT2D eigenvalue weighted by Crippen LogP contribution is 2.20. The van der Waals surface area contributed by atoms with Gasteiger partial charge < -0.3 is 5.32 Å². The summed E-state index contributed by atoms with van der Waals surface area (Å²) in [6, 6.07) is 7.04. The van der Waals surface area contributed by atoms with Gasteiger partial charge in [-0.2, -0.15) is 0 Å². The molecule has 0 aliphatic heterocycles. The van der Waals surface area contributed by atoms with Gasteiger partial charge in [-0.25, -0.2) is 4.39 Å². The van der Waals surface area contributed by atoms with Crippen molar-refractivity contribution < 1.29 is 4.39 Å². The minimum absolute atomic E-state index is 0.186. The van der Waals surface area contributed by atoms with Gasteiger partial charge in [-0.05, 0) is 37.7 Å². The van der Waals surface area contributed by atoms with E-state index in [0.717, 1.165) is 17.1 Å². The second kappa shape index (κ2) is 6.87. The maximum absolute atomic E-state index is 12.8. The molecule has 1 aromatic heterocycles. The molecule has 0 bridgehead atoms. The molecular weight excluding hydrogens is 267 g/mol. The van der Waals surface area contributed by atoms with E-state index in [1.54, 1.807) is 23.1 Å². The first-order valence-corrected chi connectivity index (χ1v) is 7.57. The van der Waals surface area contributed by atoms with Gasteiger partial charge in [0.05, 0.1) is 5.51 Å². The molecule has 1 heterocycles. The molecule has 1 aromatic carbocycles. The fraction of sp³-hybridized carbons (Fsp3) is 0.308. The van der Waals surface area contributed by atoms with E-state index in [0.29, 0.717) is 6.04 Å². The summed E-state index contributed by atoms with van der Waals surface area (Å²) >= 11 is 3.42. The van der Waals surface area contributed by atoms with Crippen molar-refractivity contribution in [1.29, 1.82) is 0 Å². The summed E-state index contributed by atoms with van der Waals surface area (Å²) in [6.45, 7) is 0. The molecule has 0 spiro atoms. The molecule has 0 saturated carbocycles. The molecular formula is C13H15FN2S2. The summed E-state index contributed by atoms with van der Waals surface area (Å²) < 4.78 is 12.8. The molecule has 0 radical (unpaired) electrons. The molecule has 1 N–H and O–H groups in total. The van der Waals surface area contributed by atoms with Crippen molar-refractivity contribution in [3.63, 3.8) is 0 Å². The Balaban J connectivity index is 1.85. The van der Waals surface area contributed by atoms with Crippen LogP contribution in [0.5, 0.6) is 0 Å². The SMILES string of the molecule is CNC(CSc1ccc(F)cc1)Cc1cncs1. The zero-order valence-electron chi connectivity index (χ0n) is 10.1. The Morgan fingerprint density at radius 1 is 1.39 bits per heavy atom. The van der Waals surface area contributed by atoms with Gasteiger partial charge in [0, 0.05) is 27.8 Å². The van der Waals surface area contributed by atoms with Crippen LogP contribution in [-0.4, -0.2) is 23.8 Å². The van der Waals surface area contributed by atoms with Crippen LogP contribution in [0.2, 0.25) is 0 Å². The summed E-state index contributed by atoms with van der Waals surface area (Å²) in [5, 5.41) is 3.31. The molecule has 0 fully saturated rings. The first kappa shape index (κ1) is 13.5. The van der Waals surface area contributed by atoms with Gasteiger partial charge in [0.15, 0.2) is 0 Å². The number of thiazole rings is 1. The van der Waals surface area contributed by atoms with Crippen LogP contribution >= 0.6 is 23.1 Å². The van der Waals surface area contributed by atoms with Gasteiger partial charge >= 0.3 is 0 Å². The molecule has 1 unspecified atom stereocenters. The highest BCUT2D eigenvalue weighted by molar-refractivity contribution is 7.99. The molecule has 2 rings (SSSR count). The molecule has 0 aliphatic rings. The number of benzene rings is 1. The number of aromatic nitrogens is 1. The van der Waals surface area contributed by atoms with E-state index in [-0.39, 0.29) is 5.82 Å². The lowest BCUT2D eigenvalue weighted by Gasteiger charge is -2.14. The van der Waals surface area contributed by atoms with Crippen LogP contribution in [-0.2, 0) is 6.42 Å². The van der Waals surface area contributed by atoms with Crippen LogP contribution in [0.4, 0.5) is 4.39 Å². The summed E-state index contributed by atoms with van der Waals surface area (Å²) in [4.78, 5) is 6.46. The van der Waals surface area contributed by atoms with Crippen LogP contribution in [0.1, 0.15) is 4.88 Å². The topological polar surface area (TPSA) is 24.9 Å². The van der Waals surface area contributed by atoms with Crippen LogP contribution < -0.4 is 5.32 Å². The van der Waals surface area contributed by atoms with Crippen LogP contribution in [0.3, 0.4) is 0 Å². The maximum atomic E-state index is 12.8. The van der Waals surface area contributed by atoms with Crippen molar-refractivity contribution in [3.8, 4) is 0 Å². The molecule has 1 atom stereocenters. The lowest BCUT2D eigenvalue weighted by molar-refractivity contribution is 0.620. The number of hydrogen-bond donors (Lipinski definition) is 1. The average Bonchev–Trinajstić information content (AvgIpc) is 2.89. The van der Waals surface area contributed by atoms with E-state index in [1.807, 2.05) is 30.9 Å². The molecule has 96 valence electrons. The molecule has 18 heavy (non-hydrogen) atoms. The first-order chi connectivity index (χ1) is 8.78. The number of nitrogens with one attached hydrogen (secondary N) is 1. The van der Waals surface area contributed by atoms with Gasteiger partial charge in [-0.1, -0.05) is 0 Å². The smallest absolute Gasteiger partial charge is 0.123 e. The Kier molecular flexibility index (Phi) is 5.16. The van der Waals surface area contributed by atoms with Crippen molar-refractivity contribution in [2.75, 3.05) is 12.8 Å². The van der Waals surface area contributed by atoms with E-state index in [1.165, 1.54) is 17.0 Å². The Morgan fingerprint density at radius 2 is 2.17 bits per heavy atom. The summed E-state index contributed by atoms with van der Waals surface area (Å²) in [5.41, 5.74) is 1.86. The van der Waals surface area contributed by atoms with Gasteiger partial charge in [0.25, 0.3) is 0 Å². The standard InChI is InChI=1S/C13H15FN2S2/c1-15-11(6-13-7-16-9-18-13)8-17-12-4-2-10(14)3-5-12/h2-5,7,9,11,15H,6,8H2,1H3. The first-order valence-electron chi connectivity index (χ1n) is 5.71. The highest BCUT2D eigenvalue weighted by atomic mass is 32.2. The Hall–Kier alpha value is -0.910. The van der Waals surface area contributed by atoms with Crippen molar-refractivity contribution in [3.05, 3.63) is 46.7 Å². The number of likely N-dealkylation sites (N-methyl/N-ethyl adjacent to an activating group) is 1. The maximum Gasteiger partial charge on any atom is 0.123 e. The van der Waals surface area contributed by atoms with Crippen LogP contribution in [0.25, 0.3) is 0 Å². The minimum atomic E-state index is -0.186. The Labute approximate surface area is 115 Å². The summed E-state index contributed by atoms with van der Waals surface area (Å²) in [6.07, 6.45) is 2.90. The van der Waals surface area contributed by atoms with Crippen molar-refractivity contribution in [2.45, 2.75) is 17.4 Å². The monoisotopic (exact) mass is 282 g/mol. The molecule has 0 amide bonds. The van der Waals surface area contributed by atoms with Crippen molar-refractivity contribution in [2.24, 2.45) is 0 Å². The number of hydrogen-bond acceptors (Lipinski definition) is 4. The predicted molar refractivity (Wildman–Crippen MR) is 75.8 cm³/mol. The van der Waals surface area contributed by atoms with Crippen molar-refractivity contribution >= 4 is 23.1 Å². The quantitative estimate of drug-likeness (QED) is 0.824. The zero-order valence-corrected chi connectivity index (χ0v) is 11.7. The fourth-order valence-electron chi connectivity index (χ4n) is 1.56. The fourth-order valence-corrected chi connectivity index (χ4v) is 3.24. The number of rotatable bonds is 6. The summed E-state index contributed by atoms with van der Waals surface area (Å²) in [7, 11) is 1.97. The average molecular weight is 282 g/mol. The molecule has 0 saturated heterocycles. The van der Waals surface area contributed by atoms with E-state index in [2.05, 4.69) is 10.3 Å². The predicted octanol–water partition coefficient (Wildman–Crippen LogP) is 3.21. The van der Waals surface area contributed by atoms with Crippen LogP contribution in [0, 0.1) is 5.82 Å². The number of nitrogens with zero attached hydrogens (tertiary/aromatic N) is 1. The van der Waals surface area contributed by atoms with Gasteiger partial charge in [0.1, 0.15) is 5.82 Å². The summed E-state index contributed by atoms with van der Waals surface area (Å²) in [5.74, 6) is 0.772. The third-order valence-corrected chi connectivity index (χ3v) is 4.58. The van der Waals surface area contributed by atoms with Crippen LogP contribution in [0.15, 0.2) is 40.9 Å². The largest absolute Gasteiger partial charge is 0.316 e. The van der Waals surface area contributed by atoms with Gasteiger partial charge in [0.2, 0.25) is 0 Å². The lowest BCUT2D eigenvalue weighted by Crippen LogP contribution is -2.29. The third-order valence-electron chi connectivity index (χ3n) is 2.60. The van der Waals surface area contributed by atoms with Gasteiger partial charge in [-0.15, -0.1) is 23.1 Å². The van der Waals surface area contributed by atoms with E-state index >= 15 is 0 Å². The van der Waals surface area contributed by atoms with E-state index < -0.39 is 0 Å². The number of thioether (sulfide) groups is 1. The van der Waals surface area contributed by atoms with Gasteiger partial charge in [-0.3, -0.25) is 4.98 Å². The third kappa shape index (κ3) is 4.08. The van der Waals surface area contributed by atoms with E-state index in [4.69, 9.17) is 0 Å². The molecule has 5 heteroatoms. The molecule has 2 nitrogen and oxygen atoms in total. The minimum Gasteiger partial charge on any atom is -0.316 e. The Morgan fingerprint density at radius 3 is 2.78 bits per heavy atom. The zero-order chi connectivity index (χ0) is 12.8. The van der Waals surface area contributed by atoms with Crippen molar-refractivity contribution in [1.82, 2.24) is 10.3 Å². The second-order valence-electron chi connectivity index (χ2n) is 3.92. The normalized spacial score (nSPS) is 12.6. The van der Waals surface area contributed by atoms with E-state index in [9.17, 15) is 4.39 Å². The second-order valence-corrected chi connectivity index (χ2v) is 5.99. The Bertz CT molecular complexity index is 456.